The Labute approximate surface area is 133 Å². The van der Waals surface area contributed by atoms with E-state index in [0.717, 1.165) is 19.8 Å². The van der Waals surface area contributed by atoms with Gasteiger partial charge in [0.05, 0.1) is 32.4 Å². The third kappa shape index (κ3) is 1.37. The van der Waals surface area contributed by atoms with E-state index >= 15 is 0 Å². The molecular formula is C14H10N2O2S3. The summed E-state index contributed by atoms with van der Waals surface area (Å²) in [5, 5.41) is 2.11. The molecule has 7 heteroatoms. The van der Waals surface area contributed by atoms with Crippen molar-refractivity contribution in [3.8, 4) is 0 Å². The Morgan fingerprint density at radius 2 is 1.24 bits per heavy atom. The van der Waals surface area contributed by atoms with Crippen molar-refractivity contribution < 1.29 is 9.59 Å². The van der Waals surface area contributed by atoms with Crippen molar-refractivity contribution >= 4 is 46.0 Å². The molecule has 4 unspecified atom stereocenters. The maximum absolute atomic E-state index is 12.7. The average molecular weight is 334 g/mol. The number of ketones is 2. The van der Waals surface area contributed by atoms with Crippen LogP contribution in [0, 0.1) is 25.7 Å². The average Bonchev–Trinajstić information content (AvgIpc) is 3.15. The molecule has 0 bridgehead atoms. The summed E-state index contributed by atoms with van der Waals surface area (Å²) >= 11 is 4.98. The molecular weight excluding hydrogens is 324 g/mol. The fourth-order valence-corrected chi connectivity index (χ4v) is 7.95. The van der Waals surface area contributed by atoms with Crippen molar-refractivity contribution in [1.82, 2.24) is 9.97 Å². The van der Waals surface area contributed by atoms with Gasteiger partial charge in [0.1, 0.15) is 11.4 Å². The van der Waals surface area contributed by atoms with E-state index in [1.807, 2.05) is 13.8 Å². The summed E-state index contributed by atoms with van der Waals surface area (Å²) in [6.07, 6.45) is 0. The van der Waals surface area contributed by atoms with E-state index in [9.17, 15) is 9.59 Å². The summed E-state index contributed by atoms with van der Waals surface area (Å²) in [6.45, 7) is 3.86. The summed E-state index contributed by atoms with van der Waals surface area (Å²) in [7, 11) is 0. The lowest BCUT2D eigenvalue weighted by Crippen LogP contribution is -2.24. The number of hydrogen-bond donors (Lipinski definition) is 0. The van der Waals surface area contributed by atoms with E-state index in [4.69, 9.17) is 0 Å². The SMILES string of the molecule is Cc1nc2c(s1)C1SC3c4sc(C)nc4C(=O)C3C1C2=O. The molecule has 2 aromatic rings. The van der Waals surface area contributed by atoms with E-state index < -0.39 is 0 Å². The van der Waals surface area contributed by atoms with E-state index in [0.29, 0.717) is 11.4 Å². The fraction of sp³-hybridized carbons (Fsp3) is 0.429. The second-order valence-corrected chi connectivity index (χ2v) is 9.41. The number of carbonyl (C=O) groups is 2. The van der Waals surface area contributed by atoms with Crippen molar-refractivity contribution in [3.63, 3.8) is 0 Å². The van der Waals surface area contributed by atoms with Gasteiger partial charge in [-0.05, 0) is 13.8 Å². The Bertz CT molecular complexity index is 769. The van der Waals surface area contributed by atoms with Gasteiger partial charge in [0.15, 0.2) is 11.6 Å². The number of hydrogen-bond acceptors (Lipinski definition) is 7. The molecule has 4 nitrogen and oxygen atoms in total. The van der Waals surface area contributed by atoms with Crippen LogP contribution in [0.3, 0.4) is 0 Å². The van der Waals surface area contributed by atoms with E-state index in [1.165, 1.54) is 0 Å². The van der Waals surface area contributed by atoms with Gasteiger partial charge in [0, 0.05) is 9.75 Å². The third-order valence-corrected chi connectivity index (χ3v) is 8.49. The number of rotatable bonds is 0. The van der Waals surface area contributed by atoms with Crippen molar-refractivity contribution in [2.45, 2.75) is 24.3 Å². The summed E-state index contributed by atoms with van der Waals surface area (Å²) < 4.78 is 0. The molecule has 3 aliphatic rings. The second-order valence-electron chi connectivity index (χ2n) is 5.65. The van der Waals surface area contributed by atoms with Gasteiger partial charge in [-0.2, -0.15) is 0 Å². The minimum absolute atomic E-state index is 0.0691. The first kappa shape index (κ1) is 12.5. The molecule has 1 aliphatic heterocycles. The number of nitrogens with zero attached hydrogens (tertiary/aromatic N) is 2. The Balaban J connectivity index is 1.65. The lowest BCUT2D eigenvalue weighted by Gasteiger charge is -2.12. The first-order chi connectivity index (χ1) is 10.1. The molecule has 106 valence electrons. The molecule has 1 fully saturated rings. The number of carbonyl (C=O) groups excluding carboxylic acids is 2. The highest BCUT2D eigenvalue weighted by atomic mass is 32.2. The summed E-state index contributed by atoms with van der Waals surface area (Å²) in [4.78, 5) is 36.3. The standard InChI is InChI=1S/C14H10N2O2S3/c1-3-15-7-9(17)5-6-10(18)8-14(20-4(2)16-8)12(6)21-11(5)13(7)19-3/h5-6,11-12H,1-2H3. The zero-order chi connectivity index (χ0) is 14.5. The Hall–Kier alpha value is -1.05. The minimum atomic E-state index is -0.219. The number of fused-ring (bicyclic) bond motifs is 7. The molecule has 0 saturated carbocycles. The third-order valence-electron chi connectivity index (χ3n) is 4.44. The van der Waals surface area contributed by atoms with Gasteiger partial charge < -0.3 is 0 Å². The van der Waals surface area contributed by atoms with Crippen molar-refractivity contribution in [3.05, 3.63) is 31.2 Å². The first-order valence-electron chi connectivity index (χ1n) is 6.75. The smallest absolute Gasteiger partial charge is 0.187 e. The lowest BCUT2D eigenvalue weighted by molar-refractivity contribution is 0.0799. The number of aryl methyl sites for hydroxylation is 2. The van der Waals surface area contributed by atoms with Crippen LogP contribution in [0.5, 0.6) is 0 Å². The van der Waals surface area contributed by atoms with Gasteiger partial charge in [-0.15, -0.1) is 34.4 Å². The molecule has 0 aromatic carbocycles. The van der Waals surface area contributed by atoms with Crippen molar-refractivity contribution in [1.29, 1.82) is 0 Å². The molecule has 0 radical (unpaired) electrons. The predicted molar refractivity (Wildman–Crippen MR) is 82.4 cm³/mol. The van der Waals surface area contributed by atoms with Crippen LogP contribution in [0.15, 0.2) is 0 Å². The van der Waals surface area contributed by atoms with E-state index in [1.54, 1.807) is 34.4 Å². The lowest BCUT2D eigenvalue weighted by atomic mass is 9.87. The number of aromatic nitrogens is 2. The fourth-order valence-electron chi connectivity index (χ4n) is 3.69. The Morgan fingerprint density at radius 1 is 0.810 bits per heavy atom. The van der Waals surface area contributed by atoms with Gasteiger partial charge in [0.2, 0.25) is 0 Å². The van der Waals surface area contributed by atoms with Gasteiger partial charge in [-0.3, -0.25) is 9.59 Å². The second kappa shape index (κ2) is 3.83. The maximum atomic E-state index is 12.7. The van der Waals surface area contributed by atoms with Crippen molar-refractivity contribution in [2.75, 3.05) is 0 Å². The quantitative estimate of drug-likeness (QED) is 0.739. The summed E-state index contributed by atoms with van der Waals surface area (Å²) in [5.74, 6) is -0.300. The van der Waals surface area contributed by atoms with Crippen LogP contribution in [0.2, 0.25) is 0 Å². The van der Waals surface area contributed by atoms with Crippen molar-refractivity contribution in [2.24, 2.45) is 11.8 Å². The Morgan fingerprint density at radius 3 is 1.67 bits per heavy atom. The van der Waals surface area contributed by atoms with Gasteiger partial charge in [0.25, 0.3) is 0 Å². The van der Waals surface area contributed by atoms with Crippen LogP contribution < -0.4 is 0 Å². The molecule has 0 N–H and O–H groups in total. The molecule has 5 rings (SSSR count). The van der Waals surface area contributed by atoms with E-state index in [-0.39, 0.29) is 33.9 Å². The highest BCUT2D eigenvalue weighted by molar-refractivity contribution is 8.00. The van der Waals surface area contributed by atoms with Crippen LogP contribution in [0.25, 0.3) is 0 Å². The minimum Gasteiger partial charge on any atom is -0.292 e. The van der Waals surface area contributed by atoms with Crippen LogP contribution >= 0.6 is 34.4 Å². The maximum Gasteiger partial charge on any atom is 0.187 e. The van der Waals surface area contributed by atoms with Crippen LogP contribution in [-0.4, -0.2) is 21.5 Å². The molecule has 2 aromatic heterocycles. The molecule has 21 heavy (non-hydrogen) atoms. The highest BCUT2D eigenvalue weighted by Gasteiger charge is 2.61. The highest BCUT2D eigenvalue weighted by Crippen LogP contribution is 2.68. The molecule has 4 atom stereocenters. The van der Waals surface area contributed by atoms with Gasteiger partial charge in [-0.1, -0.05) is 0 Å². The molecule has 0 amide bonds. The first-order valence-corrected chi connectivity index (χ1v) is 9.32. The molecule has 2 aliphatic carbocycles. The van der Waals surface area contributed by atoms with Crippen LogP contribution in [-0.2, 0) is 0 Å². The molecule has 1 saturated heterocycles. The number of thioether (sulfide) groups is 1. The number of thiazole rings is 2. The predicted octanol–water partition coefficient (Wildman–Crippen LogP) is 3.37. The summed E-state index contributed by atoms with van der Waals surface area (Å²) in [6, 6.07) is 0. The molecule has 3 heterocycles. The Kier molecular flexibility index (Phi) is 2.28. The zero-order valence-corrected chi connectivity index (χ0v) is 13.7. The summed E-state index contributed by atoms with van der Waals surface area (Å²) in [5.41, 5.74) is 1.23. The van der Waals surface area contributed by atoms with Crippen LogP contribution in [0.1, 0.15) is 51.2 Å². The monoisotopic (exact) mass is 334 g/mol. The van der Waals surface area contributed by atoms with Crippen LogP contribution in [0.4, 0.5) is 0 Å². The van der Waals surface area contributed by atoms with Gasteiger partial charge in [-0.25, -0.2) is 9.97 Å². The topological polar surface area (TPSA) is 59.9 Å². The zero-order valence-electron chi connectivity index (χ0n) is 11.2. The molecule has 0 spiro atoms. The normalized spacial score (nSPS) is 32.3. The number of Topliss-reactive ketones (excluding diaryl/α,β-unsaturated/α-hetero) is 2. The van der Waals surface area contributed by atoms with Gasteiger partial charge >= 0.3 is 0 Å². The largest absolute Gasteiger partial charge is 0.292 e. The van der Waals surface area contributed by atoms with E-state index in [2.05, 4.69) is 9.97 Å².